The van der Waals surface area contributed by atoms with Gasteiger partial charge in [-0.3, -0.25) is 9.98 Å². The van der Waals surface area contributed by atoms with E-state index in [4.69, 9.17) is 4.99 Å². The first kappa shape index (κ1) is 12.8. The second-order valence-corrected chi connectivity index (χ2v) is 5.63. The molecule has 2 nitrogen and oxygen atoms in total. The van der Waals surface area contributed by atoms with Gasteiger partial charge >= 0.3 is 0 Å². The van der Waals surface area contributed by atoms with E-state index in [0.717, 1.165) is 11.0 Å². The summed E-state index contributed by atoms with van der Waals surface area (Å²) in [4.78, 5) is 8.77. The van der Waals surface area contributed by atoms with Crippen molar-refractivity contribution in [3.63, 3.8) is 0 Å². The molecule has 0 unspecified atom stereocenters. The van der Waals surface area contributed by atoms with Gasteiger partial charge in [0.2, 0.25) is 0 Å². The zero-order valence-electron chi connectivity index (χ0n) is 10.2. The lowest BCUT2D eigenvalue weighted by atomic mass is 10.1. The van der Waals surface area contributed by atoms with Crippen LogP contribution in [0.15, 0.2) is 9.98 Å². The first-order valence-corrected chi connectivity index (χ1v) is 6.74. The third kappa shape index (κ3) is 5.36. The standard InChI is InChI=1S/C12H22N2S/c1-9(2)10(3)14-12(7-13-4)15-8-11-5-6-11/h7,9-11H,5-6,8H2,1-4H3/b13-7-,14-12+/t10-/m0/s1. The molecular formula is C12H22N2S. The Balaban J connectivity index is 2.46. The molecule has 1 aliphatic carbocycles. The molecule has 0 saturated heterocycles. The van der Waals surface area contributed by atoms with Crippen LogP contribution in [0, 0.1) is 11.8 Å². The maximum atomic E-state index is 4.70. The van der Waals surface area contributed by atoms with Gasteiger partial charge in [-0.25, -0.2) is 0 Å². The normalized spacial score (nSPS) is 20.2. The Bertz CT molecular complexity index is 242. The van der Waals surface area contributed by atoms with Gasteiger partial charge in [0, 0.05) is 12.8 Å². The van der Waals surface area contributed by atoms with Crippen molar-refractivity contribution in [1.82, 2.24) is 0 Å². The molecule has 1 aliphatic rings. The smallest absolute Gasteiger partial charge is 0.109 e. The quantitative estimate of drug-likeness (QED) is 0.521. The maximum absolute atomic E-state index is 4.70. The minimum Gasteiger partial charge on any atom is -0.294 e. The highest BCUT2D eigenvalue weighted by Crippen LogP contribution is 2.32. The molecule has 15 heavy (non-hydrogen) atoms. The molecule has 1 fully saturated rings. The van der Waals surface area contributed by atoms with Gasteiger partial charge in [-0.1, -0.05) is 13.8 Å². The van der Waals surface area contributed by atoms with E-state index in [1.807, 2.05) is 25.0 Å². The summed E-state index contributed by atoms with van der Waals surface area (Å²) in [5, 5.41) is 1.10. The van der Waals surface area contributed by atoms with E-state index in [0.29, 0.717) is 12.0 Å². The number of rotatable bonds is 5. The molecule has 1 saturated carbocycles. The Kier molecular flexibility index (Phi) is 5.37. The molecule has 0 N–H and O–H groups in total. The van der Waals surface area contributed by atoms with Crippen LogP contribution in [-0.2, 0) is 0 Å². The van der Waals surface area contributed by atoms with Crippen molar-refractivity contribution in [2.75, 3.05) is 12.8 Å². The summed E-state index contributed by atoms with van der Waals surface area (Å²) >= 11 is 1.86. The van der Waals surface area contributed by atoms with Crippen molar-refractivity contribution < 1.29 is 0 Å². The van der Waals surface area contributed by atoms with Gasteiger partial charge in [0.25, 0.3) is 0 Å². The van der Waals surface area contributed by atoms with Crippen molar-refractivity contribution in [1.29, 1.82) is 0 Å². The third-order valence-electron chi connectivity index (χ3n) is 2.70. The van der Waals surface area contributed by atoms with E-state index >= 15 is 0 Å². The molecule has 1 atom stereocenters. The Labute approximate surface area is 97.7 Å². The molecule has 0 amide bonds. The van der Waals surface area contributed by atoms with Crippen molar-refractivity contribution in [2.24, 2.45) is 21.8 Å². The zero-order valence-corrected chi connectivity index (χ0v) is 11.0. The molecular weight excluding hydrogens is 204 g/mol. The van der Waals surface area contributed by atoms with Crippen molar-refractivity contribution in [2.45, 2.75) is 39.7 Å². The predicted molar refractivity (Wildman–Crippen MR) is 71.3 cm³/mol. The number of thioether (sulfide) groups is 1. The van der Waals surface area contributed by atoms with Crippen LogP contribution in [0.25, 0.3) is 0 Å². The van der Waals surface area contributed by atoms with Crippen LogP contribution in [-0.4, -0.2) is 30.1 Å². The van der Waals surface area contributed by atoms with Crippen LogP contribution >= 0.6 is 11.8 Å². The molecule has 0 spiro atoms. The summed E-state index contributed by atoms with van der Waals surface area (Å²) in [6.45, 7) is 6.59. The molecule has 0 radical (unpaired) electrons. The molecule has 0 aliphatic heterocycles. The molecule has 3 heteroatoms. The van der Waals surface area contributed by atoms with E-state index in [1.54, 1.807) is 0 Å². The number of hydrogen-bond acceptors (Lipinski definition) is 3. The molecule has 1 rings (SSSR count). The van der Waals surface area contributed by atoms with Crippen LogP contribution in [0.3, 0.4) is 0 Å². The van der Waals surface area contributed by atoms with Gasteiger partial charge in [0.15, 0.2) is 0 Å². The fourth-order valence-electron chi connectivity index (χ4n) is 1.06. The first-order chi connectivity index (χ1) is 7.13. The highest BCUT2D eigenvalue weighted by molar-refractivity contribution is 8.15. The summed E-state index contributed by atoms with van der Waals surface area (Å²) in [5.41, 5.74) is 0. The van der Waals surface area contributed by atoms with Crippen LogP contribution < -0.4 is 0 Å². The molecule has 86 valence electrons. The Hall–Kier alpha value is -0.310. The Morgan fingerprint density at radius 1 is 1.40 bits per heavy atom. The van der Waals surface area contributed by atoms with E-state index in [9.17, 15) is 0 Å². The summed E-state index contributed by atoms with van der Waals surface area (Å²) in [6.07, 6.45) is 4.71. The Morgan fingerprint density at radius 3 is 2.53 bits per heavy atom. The average Bonchev–Trinajstić information content (AvgIpc) is 2.97. The summed E-state index contributed by atoms with van der Waals surface area (Å²) in [5.74, 6) is 2.77. The molecule has 0 heterocycles. The lowest BCUT2D eigenvalue weighted by Crippen LogP contribution is -2.11. The SMILES string of the molecule is C/N=C\C(=N/[C@@H](C)C(C)C)SCC1CC1. The van der Waals surface area contributed by atoms with Crippen molar-refractivity contribution >= 4 is 23.0 Å². The minimum absolute atomic E-state index is 0.393. The van der Waals surface area contributed by atoms with Gasteiger partial charge in [-0.2, -0.15) is 0 Å². The molecule has 0 aromatic rings. The molecule has 0 aromatic heterocycles. The van der Waals surface area contributed by atoms with Gasteiger partial charge in [-0.15, -0.1) is 11.8 Å². The lowest BCUT2D eigenvalue weighted by Gasteiger charge is -2.11. The van der Waals surface area contributed by atoms with E-state index in [1.165, 1.54) is 18.6 Å². The summed E-state index contributed by atoms with van der Waals surface area (Å²) < 4.78 is 0. The van der Waals surface area contributed by atoms with Gasteiger partial charge < -0.3 is 0 Å². The van der Waals surface area contributed by atoms with Crippen LogP contribution in [0.4, 0.5) is 0 Å². The van der Waals surface area contributed by atoms with Crippen LogP contribution in [0.2, 0.25) is 0 Å². The number of nitrogens with zero attached hydrogens (tertiary/aromatic N) is 2. The fourth-order valence-corrected chi connectivity index (χ4v) is 2.22. The maximum Gasteiger partial charge on any atom is 0.109 e. The second-order valence-electron chi connectivity index (χ2n) is 4.59. The zero-order chi connectivity index (χ0) is 11.3. The highest BCUT2D eigenvalue weighted by Gasteiger charge is 2.21. The van der Waals surface area contributed by atoms with E-state index < -0.39 is 0 Å². The molecule has 0 bridgehead atoms. The van der Waals surface area contributed by atoms with Gasteiger partial charge in [0.1, 0.15) is 5.04 Å². The monoisotopic (exact) mass is 226 g/mol. The molecule has 0 aromatic carbocycles. The van der Waals surface area contributed by atoms with Crippen molar-refractivity contribution in [3.8, 4) is 0 Å². The van der Waals surface area contributed by atoms with Crippen molar-refractivity contribution in [3.05, 3.63) is 0 Å². The van der Waals surface area contributed by atoms with E-state index in [2.05, 4.69) is 25.8 Å². The first-order valence-electron chi connectivity index (χ1n) is 5.76. The predicted octanol–water partition coefficient (Wildman–Crippen LogP) is 3.27. The topological polar surface area (TPSA) is 24.7 Å². The van der Waals surface area contributed by atoms with Crippen LogP contribution in [0.1, 0.15) is 33.6 Å². The van der Waals surface area contributed by atoms with Gasteiger partial charge in [0.05, 0.1) is 12.3 Å². The Morgan fingerprint density at radius 2 is 2.07 bits per heavy atom. The largest absolute Gasteiger partial charge is 0.294 e. The highest BCUT2D eigenvalue weighted by atomic mass is 32.2. The minimum atomic E-state index is 0.393. The number of hydrogen-bond donors (Lipinski definition) is 0. The summed E-state index contributed by atoms with van der Waals surface area (Å²) in [6, 6.07) is 0.393. The average molecular weight is 226 g/mol. The third-order valence-corrected chi connectivity index (χ3v) is 3.84. The van der Waals surface area contributed by atoms with Crippen LogP contribution in [0.5, 0.6) is 0 Å². The van der Waals surface area contributed by atoms with E-state index in [-0.39, 0.29) is 0 Å². The summed E-state index contributed by atoms with van der Waals surface area (Å²) in [7, 11) is 1.81. The lowest BCUT2D eigenvalue weighted by molar-refractivity contribution is 0.533. The second kappa shape index (κ2) is 6.31. The van der Waals surface area contributed by atoms with Gasteiger partial charge in [-0.05, 0) is 31.6 Å². The number of aliphatic imine (C=N–C) groups is 2. The fraction of sp³-hybridized carbons (Fsp3) is 0.833.